The lowest BCUT2D eigenvalue weighted by Crippen LogP contribution is -2.62. The Labute approximate surface area is 106 Å². The Hall–Kier alpha value is -1.14. The lowest BCUT2D eigenvalue weighted by atomic mass is 9.81. The van der Waals surface area contributed by atoms with E-state index in [1.165, 1.54) is 4.90 Å². The number of carboxylic acid groups (broad SMARTS) is 1. The van der Waals surface area contributed by atoms with Crippen molar-refractivity contribution in [3.05, 3.63) is 0 Å². The van der Waals surface area contributed by atoms with E-state index in [-0.39, 0.29) is 12.5 Å². The van der Waals surface area contributed by atoms with Gasteiger partial charge < -0.3 is 20.5 Å². The first-order valence-corrected chi connectivity index (χ1v) is 6.45. The molecular weight excluding hydrogens is 236 g/mol. The van der Waals surface area contributed by atoms with Gasteiger partial charge in [-0.1, -0.05) is 19.3 Å². The average Bonchev–Trinajstić information content (AvgIpc) is 2.38. The van der Waals surface area contributed by atoms with Crippen molar-refractivity contribution in [2.24, 2.45) is 5.73 Å². The van der Waals surface area contributed by atoms with Gasteiger partial charge in [-0.15, -0.1) is 0 Å². The summed E-state index contributed by atoms with van der Waals surface area (Å²) in [4.78, 5) is 25.0. The highest BCUT2D eigenvalue weighted by Gasteiger charge is 2.43. The number of carbonyl (C=O) groups excluding carboxylic acids is 1. The van der Waals surface area contributed by atoms with Gasteiger partial charge in [0.05, 0.1) is 18.8 Å². The number of hydrogen-bond donors (Lipinski definition) is 2. The second-order valence-corrected chi connectivity index (χ2v) is 5.14. The van der Waals surface area contributed by atoms with Crippen molar-refractivity contribution in [2.75, 3.05) is 19.8 Å². The highest BCUT2D eigenvalue weighted by atomic mass is 16.5. The summed E-state index contributed by atoms with van der Waals surface area (Å²) in [5, 5.41) is 9.13. The molecule has 0 aromatic heterocycles. The van der Waals surface area contributed by atoms with E-state index in [2.05, 4.69) is 0 Å². The van der Waals surface area contributed by atoms with Gasteiger partial charge in [0.2, 0.25) is 5.91 Å². The Morgan fingerprint density at radius 3 is 2.56 bits per heavy atom. The van der Waals surface area contributed by atoms with Gasteiger partial charge in [0.15, 0.2) is 6.04 Å². The first-order chi connectivity index (χ1) is 8.54. The molecule has 0 aromatic carbocycles. The van der Waals surface area contributed by atoms with Gasteiger partial charge in [-0.25, -0.2) is 4.79 Å². The van der Waals surface area contributed by atoms with Crippen LogP contribution >= 0.6 is 0 Å². The molecule has 1 aliphatic carbocycles. The number of carbonyl (C=O) groups is 2. The zero-order chi connectivity index (χ0) is 13.2. The molecule has 1 unspecified atom stereocenters. The zero-order valence-electron chi connectivity index (χ0n) is 10.4. The van der Waals surface area contributed by atoms with E-state index in [1.54, 1.807) is 0 Å². The minimum Gasteiger partial charge on any atom is -0.480 e. The van der Waals surface area contributed by atoms with Crippen LogP contribution in [-0.2, 0) is 14.3 Å². The van der Waals surface area contributed by atoms with Crippen molar-refractivity contribution in [3.63, 3.8) is 0 Å². The van der Waals surface area contributed by atoms with Crippen molar-refractivity contribution in [2.45, 2.75) is 43.7 Å². The molecule has 6 heteroatoms. The lowest BCUT2D eigenvalue weighted by Gasteiger charge is -2.40. The first-order valence-electron chi connectivity index (χ1n) is 6.45. The normalized spacial score (nSPS) is 27.8. The molecule has 3 N–H and O–H groups in total. The van der Waals surface area contributed by atoms with Gasteiger partial charge >= 0.3 is 5.97 Å². The number of ether oxygens (including phenoxy) is 1. The van der Waals surface area contributed by atoms with Crippen LogP contribution in [0.3, 0.4) is 0 Å². The highest BCUT2D eigenvalue weighted by molar-refractivity contribution is 5.90. The predicted octanol–water partition coefficient (Wildman–Crippen LogP) is -0.0400. The predicted molar refractivity (Wildman–Crippen MR) is 64.0 cm³/mol. The summed E-state index contributed by atoms with van der Waals surface area (Å²) in [6.07, 6.45) is 4.26. The maximum Gasteiger partial charge on any atom is 0.328 e. The lowest BCUT2D eigenvalue weighted by molar-refractivity contribution is -0.161. The number of carboxylic acids is 1. The third-order valence-electron chi connectivity index (χ3n) is 3.85. The number of morpholine rings is 1. The molecule has 6 nitrogen and oxygen atoms in total. The summed E-state index contributed by atoms with van der Waals surface area (Å²) in [6.45, 7) is 0.748. The van der Waals surface area contributed by atoms with Crippen LogP contribution in [0.5, 0.6) is 0 Å². The van der Waals surface area contributed by atoms with Crippen LogP contribution in [0.25, 0.3) is 0 Å². The van der Waals surface area contributed by atoms with E-state index >= 15 is 0 Å². The second kappa shape index (κ2) is 5.24. The average molecular weight is 256 g/mol. The minimum atomic E-state index is -1.03. The molecule has 1 atom stereocenters. The third kappa shape index (κ3) is 2.49. The molecule has 1 heterocycles. The molecule has 2 rings (SSSR count). The minimum absolute atomic E-state index is 0.0527. The van der Waals surface area contributed by atoms with Gasteiger partial charge in [0.25, 0.3) is 0 Å². The summed E-state index contributed by atoms with van der Waals surface area (Å²) in [5.74, 6) is -1.25. The second-order valence-electron chi connectivity index (χ2n) is 5.14. The number of aliphatic carboxylic acids is 1. The molecule has 18 heavy (non-hydrogen) atoms. The van der Waals surface area contributed by atoms with Gasteiger partial charge in [-0.2, -0.15) is 0 Å². The van der Waals surface area contributed by atoms with E-state index in [0.29, 0.717) is 26.0 Å². The fourth-order valence-corrected chi connectivity index (χ4v) is 2.73. The first kappa shape index (κ1) is 13.3. The van der Waals surface area contributed by atoms with Crippen LogP contribution < -0.4 is 5.73 Å². The SMILES string of the molecule is NC1(C(=O)N2CCOCC2C(=O)O)CCCCC1. The smallest absolute Gasteiger partial charge is 0.328 e. The van der Waals surface area contributed by atoms with E-state index in [0.717, 1.165) is 19.3 Å². The molecule has 2 fully saturated rings. The van der Waals surface area contributed by atoms with Crippen molar-refractivity contribution in [1.82, 2.24) is 4.90 Å². The quantitative estimate of drug-likeness (QED) is 0.723. The van der Waals surface area contributed by atoms with Gasteiger partial charge in [0.1, 0.15) is 0 Å². The van der Waals surface area contributed by atoms with Crippen LogP contribution in [0.4, 0.5) is 0 Å². The zero-order valence-corrected chi connectivity index (χ0v) is 10.4. The Morgan fingerprint density at radius 1 is 1.28 bits per heavy atom. The molecule has 0 spiro atoms. The van der Waals surface area contributed by atoms with Gasteiger partial charge in [0, 0.05) is 6.54 Å². The number of nitrogens with two attached hydrogens (primary N) is 1. The molecule has 0 radical (unpaired) electrons. The van der Waals surface area contributed by atoms with Crippen molar-refractivity contribution < 1.29 is 19.4 Å². The monoisotopic (exact) mass is 256 g/mol. The van der Waals surface area contributed by atoms with Crippen LogP contribution in [0, 0.1) is 0 Å². The molecular formula is C12H20N2O4. The summed E-state index contributed by atoms with van der Waals surface area (Å²) < 4.78 is 5.13. The number of rotatable bonds is 2. The number of amides is 1. The molecule has 1 amide bonds. The standard InChI is InChI=1S/C12H20N2O4/c13-12(4-2-1-3-5-12)11(17)14-6-7-18-8-9(14)10(15)16/h9H,1-8,13H2,(H,15,16). The van der Waals surface area contributed by atoms with Gasteiger partial charge in [-0.3, -0.25) is 4.79 Å². The van der Waals surface area contributed by atoms with E-state index in [1.807, 2.05) is 0 Å². The highest BCUT2D eigenvalue weighted by Crippen LogP contribution is 2.28. The van der Waals surface area contributed by atoms with Crippen molar-refractivity contribution in [1.29, 1.82) is 0 Å². The maximum atomic E-state index is 12.5. The van der Waals surface area contributed by atoms with E-state index < -0.39 is 17.6 Å². The summed E-state index contributed by atoms with van der Waals surface area (Å²) >= 11 is 0. The number of nitrogens with zero attached hydrogens (tertiary/aromatic N) is 1. The molecule has 0 bridgehead atoms. The fourth-order valence-electron chi connectivity index (χ4n) is 2.73. The third-order valence-corrected chi connectivity index (χ3v) is 3.85. The van der Waals surface area contributed by atoms with Gasteiger partial charge in [-0.05, 0) is 12.8 Å². The molecule has 0 aromatic rings. The van der Waals surface area contributed by atoms with E-state index in [9.17, 15) is 9.59 Å². The molecule has 102 valence electrons. The summed E-state index contributed by atoms with van der Waals surface area (Å²) in [5.41, 5.74) is 5.30. The van der Waals surface area contributed by atoms with Crippen LogP contribution in [0.2, 0.25) is 0 Å². The molecule has 1 saturated carbocycles. The largest absolute Gasteiger partial charge is 0.480 e. The Bertz CT molecular complexity index is 339. The Balaban J connectivity index is 2.12. The van der Waals surface area contributed by atoms with Crippen molar-refractivity contribution in [3.8, 4) is 0 Å². The van der Waals surface area contributed by atoms with Crippen LogP contribution in [-0.4, -0.2) is 53.2 Å². The Kier molecular flexibility index (Phi) is 3.87. The summed E-state index contributed by atoms with van der Waals surface area (Å²) in [7, 11) is 0. The Morgan fingerprint density at radius 2 is 1.94 bits per heavy atom. The van der Waals surface area contributed by atoms with Crippen LogP contribution in [0.1, 0.15) is 32.1 Å². The van der Waals surface area contributed by atoms with Crippen LogP contribution in [0.15, 0.2) is 0 Å². The molecule has 1 aliphatic heterocycles. The fraction of sp³-hybridized carbons (Fsp3) is 0.833. The van der Waals surface area contributed by atoms with Crippen molar-refractivity contribution >= 4 is 11.9 Å². The summed E-state index contributed by atoms with van der Waals surface area (Å²) in [6, 6.07) is -0.895. The number of hydrogen-bond acceptors (Lipinski definition) is 4. The molecule has 1 saturated heterocycles. The molecule has 2 aliphatic rings. The maximum absolute atomic E-state index is 12.5. The topological polar surface area (TPSA) is 92.9 Å². The van der Waals surface area contributed by atoms with E-state index in [4.69, 9.17) is 15.6 Å².